The molecular weight excluding hydrogens is 266 g/mol. The summed E-state index contributed by atoms with van der Waals surface area (Å²) in [4.78, 5) is 0. The summed E-state index contributed by atoms with van der Waals surface area (Å²) in [6, 6.07) is 9.83. The highest BCUT2D eigenvalue weighted by Gasteiger charge is 2.03. The molecule has 2 rings (SSSR count). The van der Waals surface area contributed by atoms with Crippen molar-refractivity contribution in [2.24, 2.45) is 0 Å². The van der Waals surface area contributed by atoms with Crippen molar-refractivity contribution in [1.82, 2.24) is 10.2 Å². The minimum absolute atomic E-state index is 0.671. The molecule has 0 amide bonds. The van der Waals surface area contributed by atoms with Gasteiger partial charge >= 0.3 is 0 Å². The molecule has 18 heavy (non-hydrogen) atoms. The number of hydrogen-bond acceptors (Lipinski definition) is 6. The third-order valence-electron chi connectivity index (χ3n) is 2.06. The smallest absolute Gasteiger partial charge is 0.206 e. The monoisotopic (exact) mass is 281 g/mol. The molecule has 1 aromatic carbocycles. The Kier molecular flexibility index (Phi) is 5.29. The molecule has 0 saturated carbocycles. The second-order valence-electron chi connectivity index (χ2n) is 3.41. The van der Waals surface area contributed by atoms with Gasteiger partial charge in [-0.2, -0.15) is 0 Å². The summed E-state index contributed by atoms with van der Waals surface area (Å²) < 4.78 is 6.58. The number of thioether (sulfide) groups is 1. The number of aromatic nitrogens is 2. The number of benzene rings is 1. The largest absolute Gasteiger partial charge is 0.493 e. The zero-order chi connectivity index (χ0) is 12.6. The molecule has 96 valence electrons. The summed E-state index contributed by atoms with van der Waals surface area (Å²) in [5.41, 5.74) is 0. The lowest BCUT2D eigenvalue weighted by Crippen LogP contribution is -1.99. The molecule has 0 spiro atoms. The SMILES string of the molecule is CCNc1nnc(SCCOc2ccccc2)s1. The van der Waals surface area contributed by atoms with Crippen molar-refractivity contribution in [3.63, 3.8) is 0 Å². The van der Waals surface area contributed by atoms with Crippen molar-refractivity contribution >= 4 is 28.2 Å². The average Bonchev–Trinajstić information content (AvgIpc) is 2.84. The normalized spacial score (nSPS) is 10.3. The van der Waals surface area contributed by atoms with Crippen LogP contribution in [0.25, 0.3) is 0 Å². The van der Waals surface area contributed by atoms with E-state index in [1.165, 1.54) is 0 Å². The van der Waals surface area contributed by atoms with E-state index in [2.05, 4.69) is 15.5 Å². The number of rotatable bonds is 7. The number of anilines is 1. The topological polar surface area (TPSA) is 47.0 Å². The van der Waals surface area contributed by atoms with Gasteiger partial charge in [0.25, 0.3) is 0 Å². The zero-order valence-electron chi connectivity index (χ0n) is 10.1. The van der Waals surface area contributed by atoms with E-state index >= 15 is 0 Å². The Morgan fingerprint density at radius 2 is 2.11 bits per heavy atom. The fourth-order valence-corrected chi connectivity index (χ4v) is 3.00. The summed E-state index contributed by atoms with van der Waals surface area (Å²) in [5, 5.41) is 12.2. The number of ether oxygens (including phenoxy) is 1. The Morgan fingerprint density at radius 3 is 2.89 bits per heavy atom. The zero-order valence-corrected chi connectivity index (χ0v) is 11.8. The molecule has 0 fully saturated rings. The van der Waals surface area contributed by atoms with E-state index in [0.717, 1.165) is 27.5 Å². The van der Waals surface area contributed by atoms with Crippen molar-refractivity contribution < 1.29 is 4.74 Å². The molecule has 0 aliphatic rings. The average molecular weight is 281 g/mol. The maximum Gasteiger partial charge on any atom is 0.206 e. The molecule has 1 aromatic heterocycles. The molecule has 1 N–H and O–H groups in total. The standard InChI is InChI=1S/C12H15N3OS2/c1-2-13-11-14-15-12(18-11)17-9-8-16-10-6-4-3-5-7-10/h3-7H,2,8-9H2,1H3,(H,13,14). The molecule has 6 heteroatoms. The first-order valence-electron chi connectivity index (χ1n) is 5.76. The van der Waals surface area contributed by atoms with Gasteiger partial charge in [-0.25, -0.2) is 0 Å². The summed E-state index contributed by atoms with van der Waals surface area (Å²) in [6.45, 7) is 3.59. The first-order chi connectivity index (χ1) is 8.88. The van der Waals surface area contributed by atoms with E-state index in [9.17, 15) is 0 Å². The lowest BCUT2D eigenvalue weighted by atomic mass is 10.3. The van der Waals surface area contributed by atoms with Gasteiger partial charge in [0, 0.05) is 12.3 Å². The predicted octanol–water partition coefficient (Wildman–Crippen LogP) is 3.14. The van der Waals surface area contributed by atoms with E-state index < -0.39 is 0 Å². The highest BCUT2D eigenvalue weighted by atomic mass is 32.2. The van der Waals surface area contributed by atoms with Gasteiger partial charge in [0.2, 0.25) is 5.13 Å². The van der Waals surface area contributed by atoms with Gasteiger partial charge in [-0.3, -0.25) is 0 Å². The highest BCUT2D eigenvalue weighted by molar-refractivity contribution is 8.01. The molecule has 0 aliphatic heterocycles. The van der Waals surface area contributed by atoms with E-state index in [1.807, 2.05) is 37.3 Å². The van der Waals surface area contributed by atoms with Gasteiger partial charge in [0.05, 0.1) is 6.61 Å². The van der Waals surface area contributed by atoms with E-state index in [1.54, 1.807) is 23.1 Å². The minimum atomic E-state index is 0.671. The van der Waals surface area contributed by atoms with Crippen LogP contribution in [-0.4, -0.2) is 29.1 Å². The molecule has 4 nitrogen and oxygen atoms in total. The lowest BCUT2D eigenvalue weighted by molar-refractivity contribution is 0.344. The van der Waals surface area contributed by atoms with Crippen molar-refractivity contribution in [2.45, 2.75) is 11.3 Å². The first-order valence-corrected chi connectivity index (χ1v) is 7.56. The molecule has 2 aromatic rings. The molecule has 0 saturated heterocycles. The van der Waals surface area contributed by atoms with Crippen LogP contribution in [0.2, 0.25) is 0 Å². The van der Waals surface area contributed by atoms with Crippen molar-refractivity contribution in [3.05, 3.63) is 30.3 Å². The second-order valence-corrected chi connectivity index (χ2v) is 5.73. The first kappa shape index (κ1) is 13.2. The molecule has 1 heterocycles. The predicted molar refractivity (Wildman–Crippen MR) is 76.7 cm³/mol. The fourth-order valence-electron chi connectivity index (χ4n) is 1.30. The molecule has 0 bridgehead atoms. The van der Waals surface area contributed by atoms with Crippen molar-refractivity contribution in [1.29, 1.82) is 0 Å². The van der Waals surface area contributed by atoms with Crippen LogP contribution in [0, 0.1) is 0 Å². The van der Waals surface area contributed by atoms with Gasteiger partial charge < -0.3 is 10.1 Å². The third kappa shape index (κ3) is 4.19. The van der Waals surface area contributed by atoms with Crippen LogP contribution >= 0.6 is 23.1 Å². The minimum Gasteiger partial charge on any atom is -0.493 e. The Balaban J connectivity index is 1.68. The van der Waals surface area contributed by atoms with Crippen LogP contribution in [0.1, 0.15) is 6.92 Å². The Labute approximate surface area is 115 Å². The highest BCUT2D eigenvalue weighted by Crippen LogP contribution is 2.25. The number of nitrogens with one attached hydrogen (secondary N) is 1. The Bertz CT molecular complexity index is 461. The maximum atomic E-state index is 5.60. The number of para-hydroxylation sites is 1. The Hall–Kier alpha value is -1.27. The fraction of sp³-hybridized carbons (Fsp3) is 0.333. The summed E-state index contributed by atoms with van der Waals surface area (Å²) in [6.07, 6.45) is 0. The lowest BCUT2D eigenvalue weighted by Gasteiger charge is -2.03. The maximum absolute atomic E-state index is 5.60. The van der Waals surface area contributed by atoms with Crippen molar-refractivity contribution in [2.75, 3.05) is 24.2 Å². The number of hydrogen-bond donors (Lipinski definition) is 1. The van der Waals surface area contributed by atoms with Crippen molar-refractivity contribution in [3.8, 4) is 5.75 Å². The van der Waals surface area contributed by atoms with E-state index in [4.69, 9.17) is 4.74 Å². The van der Waals surface area contributed by atoms with Crippen LogP contribution in [0.5, 0.6) is 5.75 Å². The van der Waals surface area contributed by atoms with Crippen LogP contribution in [-0.2, 0) is 0 Å². The van der Waals surface area contributed by atoms with Gasteiger partial charge in [-0.05, 0) is 19.1 Å². The van der Waals surface area contributed by atoms with E-state index in [-0.39, 0.29) is 0 Å². The molecule has 0 unspecified atom stereocenters. The van der Waals surface area contributed by atoms with E-state index in [0.29, 0.717) is 6.61 Å². The van der Waals surface area contributed by atoms with Gasteiger partial charge in [-0.1, -0.05) is 41.3 Å². The van der Waals surface area contributed by atoms with Crippen LogP contribution in [0.15, 0.2) is 34.7 Å². The second kappa shape index (κ2) is 7.23. The van der Waals surface area contributed by atoms with Gasteiger partial charge in [0.15, 0.2) is 4.34 Å². The number of nitrogens with zero attached hydrogens (tertiary/aromatic N) is 2. The van der Waals surface area contributed by atoms with Crippen LogP contribution in [0.4, 0.5) is 5.13 Å². The summed E-state index contributed by atoms with van der Waals surface area (Å²) in [5.74, 6) is 1.78. The molecule has 0 aliphatic carbocycles. The van der Waals surface area contributed by atoms with Gasteiger partial charge in [-0.15, -0.1) is 10.2 Å². The van der Waals surface area contributed by atoms with Crippen LogP contribution in [0.3, 0.4) is 0 Å². The summed E-state index contributed by atoms with van der Waals surface area (Å²) >= 11 is 3.24. The Morgan fingerprint density at radius 1 is 1.28 bits per heavy atom. The summed E-state index contributed by atoms with van der Waals surface area (Å²) in [7, 11) is 0. The molecule has 0 radical (unpaired) electrons. The third-order valence-corrected chi connectivity index (χ3v) is 4.03. The molecule has 0 atom stereocenters. The quantitative estimate of drug-likeness (QED) is 0.624. The van der Waals surface area contributed by atoms with Gasteiger partial charge in [0.1, 0.15) is 5.75 Å². The van der Waals surface area contributed by atoms with Crippen LogP contribution < -0.4 is 10.1 Å². The molecular formula is C12H15N3OS2.